The normalized spacial score (nSPS) is 25.8. The summed E-state index contributed by atoms with van der Waals surface area (Å²) in [6.45, 7) is 0. The van der Waals surface area contributed by atoms with Crippen LogP contribution in [-0.2, 0) is 4.79 Å². The van der Waals surface area contributed by atoms with E-state index in [0.29, 0.717) is 31.4 Å². The summed E-state index contributed by atoms with van der Waals surface area (Å²) in [4.78, 5) is 11.6. The highest BCUT2D eigenvalue weighted by Gasteiger charge is 2.40. The summed E-state index contributed by atoms with van der Waals surface area (Å²) in [7, 11) is 0. The number of allylic oxidation sites excluding steroid dienone is 2. The van der Waals surface area contributed by atoms with Crippen molar-refractivity contribution in [1.82, 2.24) is 5.48 Å². The van der Waals surface area contributed by atoms with Gasteiger partial charge in [-0.15, -0.1) is 11.8 Å². The molecule has 2 rings (SSSR count). The molecule has 160 valence electrons. The predicted molar refractivity (Wildman–Crippen MR) is 114 cm³/mol. The Morgan fingerprint density at radius 2 is 2.03 bits per heavy atom. The van der Waals surface area contributed by atoms with Gasteiger partial charge in [-0.05, 0) is 43.7 Å². The number of nitrogens with one attached hydrogen (secondary N) is 1. The first kappa shape index (κ1) is 23.6. The van der Waals surface area contributed by atoms with Gasteiger partial charge in [-0.1, -0.05) is 42.5 Å². The molecule has 0 aliphatic heterocycles. The molecule has 5 N–H and O–H groups in total. The van der Waals surface area contributed by atoms with E-state index in [1.54, 1.807) is 17.8 Å². The van der Waals surface area contributed by atoms with E-state index in [1.807, 2.05) is 48.6 Å². The number of thioether (sulfide) groups is 1. The minimum atomic E-state index is -0.796. The molecule has 7 heteroatoms. The molecule has 0 amide bonds. The highest BCUT2D eigenvalue weighted by Crippen LogP contribution is 2.36. The van der Waals surface area contributed by atoms with Gasteiger partial charge in [0.25, 0.3) is 0 Å². The van der Waals surface area contributed by atoms with E-state index >= 15 is 0 Å². The Hall–Kier alpha value is -1.64. The molecule has 5 atom stereocenters. The molecule has 29 heavy (non-hydrogen) atoms. The smallest absolute Gasteiger partial charge is 0.303 e. The van der Waals surface area contributed by atoms with E-state index in [9.17, 15) is 20.2 Å². The van der Waals surface area contributed by atoms with Crippen LogP contribution in [0.15, 0.2) is 59.5 Å². The number of carboxylic acids is 1. The molecule has 6 nitrogen and oxygen atoms in total. The third-order valence-electron chi connectivity index (χ3n) is 5.17. The number of rotatable bonds is 12. The zero-order chi connectivity index (χ0) is 21.1. The Morgan fingerprint density at radius 1 is 1.28 bits per heavy atom. The molecule has 1 aromatic carbocycles. The third-order valence-corrected chi connectivity index (χ3v) is 6.28. The number of carboxylic acid groups (broad SMARTS) is 1. The summed E-state index contributed by atoms with van der Waals surface area (Å²) in [5.41, 5.74) is 2.29. The van der Waals surface area contributed by atoms with Crippen LogP contribution in [0.5, 0.6) is 0 Å². The molecular weight excluding hydrogens is 390 g/mol. The molecule has 1 aliphatic rings. The van der Waals surface area contributed by atoms with Gasteiger partial charge in [0.1, 0.15) is 0 Å². The van der Waals surface area contributed by atoms with Crippen molar-refractivity contribution >= 4 is 17.7 Å². The van der Waals surface area contributed by atoms with Gasteiger partial charge in [0.15, 0.2) is 0 Å². The molecule has 1 aromatic rings. The second-order valence-corrected chi connectivity index (χ2v) is 8.44. The fourth-order valence-electron chi connectivity index (χ4n) is 3.63. The van der Waals surface area contributed by atoms with Crippen molar-refractivity contribution in [2.45, 2.75) is 55.2 Å². The highest BCUT2D eigenvalue weighted by molar-refractivity contribution is 7.99. The van der Waals surface area contributed by atoms with E-state index in [1.165, 1.54) is 0 Å². The third kappa shape index (κ3) is 8.32. The molecule has 0 aromatic heterocycles. The van der Waals surface area contributed by atoms with Crippen molar-refractivity contribution < 1.29 is 25.3 Å². The summed E-state index contributed by atoms with van der Waals surface area (Å²) >= 11 is 1.57. The number of aliphatic hydroxyl groups is 2. The van der Waals surface area contributed by atoms with Crippen LogP contribution in [0, 0.1) is 11.8 Å². The zero-order valence-corrected chi connectivity index (χ0v) is 17.2. The lowest BCUT2D eigenvalue weighted by atomic mass is 9.89. The first-order valence-corrected chi connectivity index (χ1v) is 11.0. The lowest BCUT2D eigenvalue weighted by molar-refractivity contribution is -0.137. The fraction of sp³-hybridized carbons (Fsp3) is 0.500. The number of carbonyl (C=O) groups is 1. The largest absolute Gasteiger partial charge is 0.481 e. The van der Waals surface area contributed by atoms with Crippen molar-refractivity contribution in [3.05, 3.63) is 54.6 Å². The fourth-order valence-corrected chi connectivity index (χ4v) is 4.45. The number of aliphatic carboxylic acids is 1. The van der Waals surface area contributed by atoms with Crippen molar-refractivity contribution in [3.63, 3.8) is 0 Å². The standard InChI is InChI=1S/C22H31NO5S/c24-16(15-29-17-8-4-3-5-9-17)12-13-18-19(21(25)14-20(18)23-28)10-6-1-2-7-11-22(26)27/h1,3-6,8-9,12-13,16,18-21,23-25,28H,2,7,10-11,14-15H2,(H,26,27)/t16?,18-,19-,20?,21+/m1/s1. The average Bonchev–Trinajstić information content (AvgIpc) is 3.02. The summed E-state index contributed by atoms with van der Waals surface area (Å²) in [5.74, 6) is -0.437. The number of benzene rings is 1. The van der Waals surface area contributed by atoms with E-state index in [2.05, 4.69) is 5.48 Å². The van der Waals surface area contributed by atoms with Crippen LogP contribution in [0.1, 0.15) is 32.1 Å². The van der Waals surface area contributed by atoms with Crippen molar-refractivity contribution in [1.29, 1.82) is 0 Å². The average molecular weight is 422 g/mol. The minimum Gasteiger partial charge on any atom is -0.481 e. The van der Waals surface area contributed by atoms with E-state index in [4.69, 9.17) is 5.11 Å². The molecule has 0 heterocycles. The van der Waals surface area contributed by atoms with E-state index in [-0.39, 0.29) is 24.3 Å². The van der Waals surface area contributed by atoms with E-state index < -0.39 is 18.2 Å². The maximum absolute atomic E-state index is 10.5. The summed E-state index contributed by atoms with van der Waals surface area (Å²) in [5, 5.41) is 38.8. The zero-order valence-electron chi connectivity index (χ0n) is 16.4. The SMILES string of the molecule is O=C(O)CCCC=CC[C@H]1[C@@H](O)CC(NO)[C@@H]1C=CC(O)CSc1ccccc1. The molecule has 1 aliphatic carbocycles. The van der Waals surface area contributed by atoms with Crippen LogP contribution < -0.4 is 5.48 Å². The van der Waals surface area contributed by atoms with Crippen LogP contribution in [0.3, 0.4) is 0 Å². The quantitative estimate of drug-likeness (QED) is 0.152. The molecule has 2 unspecified atom stereocenters. The monoisotopic (exact) mass is 421 g/mol. The van der Waals surface area contributed by atoms with Crippen LogP contribution in [0.4, 0.5) is 0 Å². The Balaban J connectivity index is 1.87. The number of hydrogen-bond donors (Lipinski definition) is 5. The van der Waals surface area contributed by atoms with Gasteiger partial charge in [0.2, 0.25) is 0 Å². The summed E-state index contributed by atoms with van der Waals surface area (Å²) < 4.78 is 0. The van der Waals surface area contributed by atoms with Crippen molar-refractivity contribution in [2.24, 2.45) is 11.8 Å². The van der Waals surface area contributed by atoms with Crippen LogP contribution in [0.25, 0.3) is 0 Å². The van der Waals surface area contributed by atoms with E-state index in [0.717, 1.165) is 4.90 Å². The lowest BCUT2D eigenvalue weighted by Crippen LogP contribution is -2.30. The van der Waals surface area contributed by atoms with Gasteiger partial charge >= 0.3 is 5.97 Å². The Morgan fingerprint density at radius 3 is 2.72 bits per heavy atom. The number of unbranched alkanes of at least 4 members (excludes halogenated alkanes) is 1. The maximum Gasteiger partial charge on any atom is 0.303 e. The molecule has 1 fully saturated rings. The van der Waals surface area contributed by atoms with Crippen LogP contribution >= 0.6 is 11.8 Å². The lowest BCUT2D eigenvalue weighted by Gasteiger charge is -2.21. The molecule has 1 saturated carbocycles. The van der Waals surface area contributed by atoms with Gasteiger partial charge in [-0.25, -0.2) is 5.48 Å². The Labute approximate surface area is 176 Å². The maximum atomic E-state index is 10.5. The number of hydroxylamine groups is 1. The minimum absolute atomic E-state index is 0.0689. The van der Waals surface area contributed by atoms with Gasteiger partial charge in [-0.3, -0.25) is 4.79 Å². The first-order valence-electron chi connectivity index (χ1n) is 10.00. The second-order valence-electron chi connectivity index (χ2n) is 7.35. The van der Waals surface area contributed by atoms with Crippen LogP contribution in [0.2, 0.25) is 0 Å². The van der Waals surface area contributed by atoms with Crippen LogP contribution in [-0.4, -0.2) is 50.5 Å². The van der Waals surface area contributed by atoms with Gasteiger partial charge < -0.3 is 20.5 Å². The van der Waals surface area contributed by atoms with Crippen molar-refractivity contribution in [3.8, 4) is 0 Å². The molecule has 0 bridgehead atoms. The molecule has 0 spiro atoms. The topological polar surface area (TPSA) is 110 Å². The molecular formula is C22H31NO5S. The predicted octanol–water partition coefficient (Wildman–Crippen LogP) is 3.24. The Kier molecular flexibility index (Phi) is 10.5. The summed E-state index contributed by atoms with van der Waals surface area (Å²) in [6, 6.07) is 9.61. The second kappa shape index (κ2) is 12.8. The number of hydrogen-bond acceptors (Lipinski definition) is 6. The molecule has 0 saturated heterocycles. The Bertz CT molecular complexity index is 666. The van der Waals surface area contributed by atoms with Gasteiger partial charge in [0.05, 0.1) is 12.2 Å². The number of aliphatic hydroxyl groups excluding tert-OH is 2. The molecule has 0 radical (unpaired) electrons. The highest BCUT2D eigenvalue weighted by atomic mass is 32.2. The van der Waals surface area contributed by atoms with Gasteiger partial charge in [-0.2, -0.15) is 0 Å². The first-order chi connectivity index (χ1) is 14.0. The van der Waals surface area contributed by atoms with Crippen molar-refractivity contribution in [2.75, 3.05) is 5.75 Å². The summed E-state index contributed by atoms with van der Waals surface area (Å²) in [6.07, 6.45) is 8.89. The van der Waals surface area contributed by atoms with Gasteiger partial charge in [0, 0.05) is 29.0 Å².